The average molecular weight is 176 g/mol. The molecule has 0 N–H and O–H groups in total. The fourth-order valence-corrected chi connectivity index (χ4v) is 0.952. The molecule has 0 unspecified atom stereocenters. The lowest BCUT2D eigenvalue weighted by Crippen LogP contribution is -2.33. The lowest BCUT2D eigenvalue weighted by molar-refractivity contribution is -0.318. The predicted octanol–water partition coefficient (Wildman–Crippen LogP) is -0.0807. The highest BCUT2D eigenvalue weighted by molar-refractivity contribution is 6.09. The highest BCUT2D eigenvalue weighted by Crippen LogP contribution is 2.13. The van der Waals surface area contributed by atoms with E-state index in [4.69, 9.17) is 14.2 Å². The van der Waals surface area contributed by atoms with Crippen molar-refractivity contribution in [3.05, 3.63) is 12.2 Å². The van der Waals surface area contributed by atoms with Gasteiger partial charge in [0.1, 0.15) is 0 Å². The van der Waals surface area contributed by atoms with Crippen molar-refractivity contribution in [3.8, 4) is 0 Å². The molecule has 0 aliphatic heterocycles. The molecular formula is C7H16O3Si. The maximum atomic E-state index is 5.02. The minimum absolute atomic E-state index is 0.982. The highest BCUT2D eigenvalue weighted by atomic mass is 28.1. The molecule has 66 valence electrons. The second kappa shape index (κ2) is 5.48. The Bertz CT molecular complexity index is 113. The van der Waals surface area contributed by atoms with Crippen molar-refractivity contribution in [1.29, 1.82) is 0 Å². The summed E-state index contributed by atoms with van der Waals surface area (Å²) in [5.74, 6) is -0.982. The highest BCUT2D eigenvalue weighted by Gasteiger charge is 2.24. The Hall–Kier alpha value is -0.163. The minimum atomic E-state index is -0.982. The summed E-state index contributed by atoms with van der Waals surface area (Å²) < 4.78 is 15.1. The molecule has 0 saturated carbocycles. The molecule has 0 rings (SSSR count). The first-order valence-corrected chi connectivity index (χ1v) is 4.99. The van der Waals surface area contributed by atoms with Gasteiger partial charge in [0.25, 0.3) is 0 Å². The maximum Gasteiger partial charge on any atom is 0.303 e. The molecule has 0 aromatic heterocycles. The largest absolute Gasteiger partial charge is 0.327 e. The first-order chi connectivity index (χ1) is 5.24. The van der Waals surface area contributed by atoms with E-state index in [0.29, 0.717) is 0 Å². The molecule has 11 heavy (non-hydrogen) atoms. The van der Waals surface area contributed by atoms with Gasteiger partial charge in [-0.15, -0.1) is 0 Å². The summed E-state index contributed by atoms with van der Waals surface area (Å²) in [5, 5.41) is 0. The molecule has 0 saturated heterocycles. The Kier molecular flexibility index (Phi) is 5.40. The van der Waals surface area contributed by atoms with Gasteiger partial charge < -0.3 is 14.2 Å². The van der Waals surface area contributed by atoms with E-state index in [9.17, 15) is 0 Å². The third-order valence-corrected chi connectivity index (χ3v) is 1.88. The third-order valence-electron chi connectivity index (χ3n) is 1.41. The summed E-state index contributed by atoms with van der Waals surface area (Å²) in [6, 6.07) is 1.07. The molecule has 3 nitrogen and oxygen atoms in total. The van der Waals surface area contributed by atoms with Crippen molar-refractivity contribution in [1.82, 2.24) is 0 Å². The lowest BCUT2D eigenvalue weighted by Gasteiger charge is -2.24. The summed E-state index contributed by atoms with van der Waals surface area (Å²) in [7, 11) is 5.77. The molecule has 0 aliphatic rings. The van der Waals surface area contributed by atoms with E-state index in [1.54, 1.807) is 27.4 Å². The molecule has 0 atom stereocenters. The minimum Gasteiger partial charge on any atom is -0.327 e. The summed E-state index contributed by atoms with van der Waals surface area (Å²) >= 11 is 0. The number of hydrogen-bond acceptors (Lipinski definition) is 3. The SMILES string of the molecule is COC(C=CC[SiH3])(OC)OC. The normalized spacial score (nSPS) is 13.0. The fourth-order valence-electron chi connectivity index (χ4n) is 0.716. The number of hydrogen-bond donors (Lipinski definition) is 0. The molecule has 0 aliphatic carbocycles. The zero-order chi connectivity index (χ0) is 8.74. The van der Waals surface area contributed by atoms with Crippen LogP contribution in [0.2, 0.25) is 6.04 Å². The molecule has 0 bridgehead atoms. The first-order valence-electron chi connectivity index (χ1n) is 3.57. The fraction of sp³-hybridized carbons (Fsp3) is 0.714. The van der Waals surface area contributed by atoms with Gasteiger partial charge >= 0.3 is 5.97 Å². The van der Waals surface area contributed by atoms with Crippen LogP contribution in [-0.2, 0) is 14.2 Å². The van der Waals surface area contributed by atoms with E-state index in [1.165, 1.54) is 0 Å². The summed E-state index contributed by atoms with van der Waals surface area (Å²) in [6.07, 6.45) is 3.77. The monoisotopic (exact) mass is 176 g/mol. The Labute approximate surface area is 70.8 Å². The van der Waals surface area contributed by atoms with Crippen LogP contribution in [0.4, 0.5) is 0 Å². The number of rotatable bonds is 5. The van der Waals surface area contributed by atoms with Crippen molar-refractivity contribution < 1.29 is 14.2 Å². The van der Waals surface area contributed by atoms with Gasteiger partial charge in [-0.2, -0.15) is 0 Å². The van der Waals surface area contributed by atoms with Crippen LogP contribution in [0.25, 0.3) is 0 Å². The van der Waals surface area contributed by atoms with Crippen LogP contribution in [0.15, 0.2) is 12.2 Å². The van der Waals surface area contributed by atoms with Crippen molar-refractivity contribution in [2.24, 2.45) is 0 Å². The van der Waals surface area contributed by atoms with Crippen molar-refractivity contribution in [2.45, 2.75) is 12.0 Å². The standard InChI is InChI=1S/C7H16O3Si/c1-8-7(9-2,10-3)5-4-6-11/h4-5H,6H2,1-3,11H3. The third kappa shape index (κ3) is 3.16. The van der Waals surface area contributed by atoms with Crippen molar-refractivity contribution >= 4 is 10.2 Å². The Balaban J connectivity index is 4.16. The molecule has 0 aromatic carbocycles. The predicted molar refractivity (Wildman–Crippen MR) is 47.6 cm³/mol. The number of allylic oxidation sites excluding steroid dienone is 1. The quantitative estimate of drug-likeness (QED) is 0.333. The van der Waals surface area contributed by atoms with Gasteiger partial charge in [0.05, 0.1) is 0 Å². The van der Waals surface area contributed by atoms with E-state index in [-0.39, 0.29) is 0 Å². The second-order valence-corrected chi connectivity index (χ2v) is 2.84. The van der Waals surface area contributed by atoms with Crippen LogP contribution in [0.5, 0.6) is 0 Å². The van der Waals surface area contributed by atoms with Gasteiger partial charge in [-0.3, -0.25) is 0 Å². The van der Waals surface area contributed by atoms with Crippen LogP contribution in [0, 0.1) is 0 Å². The number of methoxy groups -OCH3 is 3. The van der Waals surface area contributed by atoms with Gasteiger partial charge in [-0.1, -0.05) is 6.08 Å². The van der Waals surface area contributed by atoms with Gasteiger partial charge in [-0.05, 0) is 6.04 Å². The topological polar surface area (TPSA) is 27.7 Å². The molecule has 0 fully saturated rings. The van der Waals surface area contributed by atoms with E-state index < -0.39 is 5.97 Å². The smallest absolute Gasteiger partial charge is 0.303 e. The van der Waals surface area contributed by atoms with Gasteiger partial charge in [0.2, 0.25) is 0 Å². The zero-order valence-corrected chi connectivity index (χ0v) is 9.59. The van der Waals surface area contributed by atoms with E-state index in [2.05, 4.69) is 0 Å². The molecule has 0 heterocycles. The van der Waals surface area contributed by atoms with Crippen LogP contribution in [0.3, 0.4) is 0 Å². The number of ether oxygens (including phenoxy) is 3. The van der Waals surface area contributed by atoms with E-state index in [0.717, 1.165) is 16.3 Å². The molecule has 4 heteroatoms. The van der Waals surface area contributed by atoms with Gasteiger partial charge in [0, 0.05) is 37.6 Å². The zero-order valence-electron chi connectivity index (χ0n) is 7.59. The molecule has 0 amide bonds. The van der Waals surface area contributed by atoms with E-state index in [1.807, 2.05) is 6.08 Å². The lowest BCUT2D eigenvalue weighted by atomic mass is 10.4. The van der Waals surface area contributed by atoms with Gasteiger partial charge in [0.15, 0.2) is 0 Å². The molecule has 0 aromatic rings. The maximum absolute atomic E-state index is 5.02. The first kappa shape index (κ1) is 10.8. The molecule has 0 spiro atoms. The second-order valence-electron chi connectivity index (χ2n) is 2.03. The van der Waals surface area contributed by atoms with E-state index >= 15 is 0 Å². The Morgan fingerprint density at radius 3 is 1.91 bits per heavy atom. The average Bonchev–Trinajstić information content (AvgIpc) is 2.08. The van der Waals surface area contributed by atoms with Crippen molar-refractivity contribution in [2.75, 3.05) is 21.3 Å². The van der Waals surface area contributed by atoms with Crippen LogP contribution in [-0.4, -0.2) is 37.5 Å². The Morgan fingerprint density at radius 2 is 1.64 bits per heavy atom. The molecule has 0 radical (unpaired) electrons. The van der Waals surface area contributed by atoms with Crippen LogP contribution < -0.4 is 0 Å². The van der Waals surface area contributed by atoms with Crippen LogP contribution >= 0.6 is 0 Å². The summed E-state index contributed by atoms with van der Waals surface area (Å²) in [4.78, 5) is 0. The molecular weight excluding hydrogens is 160 g/mol. The van der Waals surface area contributed by atoms with Gasteiger partial charge in [-0.25, -0.2) is 0 Å². The van der Waals surface area contributed by atoms with Crippen LogP contribution in [0.1, 0.15) is 0 Å². The summed E-state index contributed by atoms with van der Waals surface area (Å²) in [5.41, 5.74) is 0. The Morgan fingerprint density at radius 1 is 1.18 bits per heavy atom. The summed E-state index contributed by atoms with van der Waals surface area (Å²) in [6.45, 7) is 0. The van der Waals surface area contributed by atoms with Crippen molar-refractivity contribution in [3.63, 3.8) is 0 Å².